The number of carbonyl (C=O) groups excluding carboxylic acids is 3. The Bertz CT molecular complexity index is 1060. The van der Waals surface area contributed by atoms with E-state index in [4.69, 9.17) is 0 Å². The number of benzene rings is 2. The van der Waals surface area contributed by atoms with Gasteiger partial charge in [0, 0.05) is 18.8 Å². The molecule has 0 atom stereocenters. The Labute approximate surface area is 176 Å². The van der Waals surface area contributed by atoms with Crippen LogP contribution in [-0.2, 0) is 16.0 Å². The van der Waals surface area contributed by atoms with Gasteiger partial charge < -0.3 is 4.90 Å². The second kappa shape index (κ2) is 8.14. The highest BCUT2D eigenvalue weighted by atomic mass is 16.2. The van der Waals surface area contributed by atoms with Crippen molar-refractivity contribution in [3.63, 3.8) is 0 Å². The van der Waals surface area contributed by atoms with Crippen LogP contribution in [-0.4, -0.2) is 30.9 Å². The number of carbonyl (C=O) groups is 3. The van der Waals surface area contributed by atoms with E-state index in [9.17, 15) is 14.4 Å². The minimum atomic E-state index is -0.728. The van der Waals surface area contributed by atoms with Gasteiger partial charge in [-0.1, -0.05) is 31.5 Å². The van der Waals surface area contributed by atoms with Gasteiger partial charge in [0.05, 0.1) is 5.69 Å². The van der Waals surface area contributed by atoms with Gasteiger partial charge in [-0.25, -0.2) is 9.69 Å². The topological polar surface area (TPSA) is 69.7 Å². The molecule has 0 radical (unpaired) electrons. The summed E-state index contributed by atoms with van der Waals surface area (Å²) in [5, 5.41) is 2.28. The summed E-state index contributed by atoms with van der Waals surface area (Å²) in [7, 11) is 0. The van der Waals surface area contributed by atoms with E-state index in [0.717, 1.165) is 48.4 Å². The molecule has 0 unspecified atom stereocenters. The van der Waals surface area contributed by atoms with Crippen LogP contribution in [0.15, 0.2) is 48.0 Å². The molecule has 6 heteroatoms. The maximum atomic E-state index is 13.0. The van der Waals surface area contributed by atoms with Crippen molar-refractivity contribution in [2.45, 2.75) is 33.1 Å². The van der Waals surface area contributed by atoms with Gasteiger partial charge in [-0.2, -0.15) is 0 Å². The lowest BCUT2D eigenvalue weighted by Gasteiger charge is -2.26. The number of barbiturate groups is 1. The van der Waals surface area contributed by atoms with E-state index >= 15 is 0 Å². The second-order valence-electron chi connectivity index (χ2n) is 7.78. The van der Waals surface area contributed by atoms with Gasteiger partial charge in [0.25, 0.3) is 11.8 Å². The van der Waals surface area contributed by atoms with E-state index in [0.29, 0.717) is 5.69 Å². The first-order chi connectivity index (χ1) is 14.5. The first kappa shape index (κ1) is 19.9. The summed E-state index contributed by atoms with van der Waals surface area (Å²) in [4.78, 5) is 41.2. The number of imide groups is 2. The number of unbranched alkanes of at least 4 members (excludes halogenated alkanes) is 1. The fourth-order valence-electron chi connectivity index (χ4n) is 3.99. The van der Waals surface area contributed by atoms with Crippen LogP contribution in [0, 0.1) is 6.92 Å². The number of urea groups is 1. The summed E-state index contributed by atoms with van der Waals surface area (Å²) >= 11 is 0. The van der Waals surface area contributed by atoms with Crippen molar-refractivity contribution in [3.8, 4) is 0 Å². The quantitative estimate of drug-likeness (QED) is 0.609. The molecule has 0 saturated carbocycles. The predicted molar refractivity (Wildman–Crippen MR) is 117 cm³/mol. The Morgan fingerprint density at radius 1 is 1.10 bits per heavy atom. The van der Waals surface area contributed by atoms with Gasteiger partial charge in [0.2, 0.25) is 0 Å². The monoisotopic (exact) mass is 403 g/mol. The van der Waals surface area contributed by atoms with Crippen molar-refractivity contribution in [3.05, 3.63) is 64.7 Å². The molecule has 0 aromatic heterocycles. The van der Waals surface area contributed by atoms with Crippen LogP contribution < -0.4 is 15.1 Å². The molecule has 1 fully saturated rings. The third-order valence-corrected chi connectivity index (χ3v) is 5.55. The van der Waals surface area contributed by atoms with E-state index in [1.807, 2.05) is 25.1 Å². The Hall–Kier alpha value is -3.41. The van der Waals surface area contributed by atoms with Crippen molar-refractivity contribution in [2.24, 2.45) is 0 Å². The predicted octanol–water partition coefficient (Wildman–Crippen LogP) is 3.82. The number of nitrogens with zero attached hydrogens (tertiary/aromatic N) is 2. The molecule has 2 aliphatic heterocycles. The summed E-state index contributed by atoms with van der Waals surface area (Å²) in [6.07, 6.45) is 4.83. The van der Waals surface area contributed by atoms with E-state index in [2.05, 4.69) is 23.2 Å². The zero-order valence-electron chi connectivity index (χ0n) is 17.3. The van der Waals surface area contributed by atoms with Crippen molar-refractivity contribution in [1.82, 2.24) is 5.32 Å². The van der Waals surface area contributed by atoms with E-state index in [1.165, 1.54) is 11.3 Å². The van der Waals surface area contributed by atoms with Crippen molar-refractivity contribution in [2.75, 3.05) is 22.9 Å². The first-order valence-electron chi connectivity index (χ1n) is 10.3. The average molecular weight is 403 g/mol. The van der Waals surface area contributed by atoms with Gasteiger partial charge in [-0.05, 0) is 66.8 Å². The molecule has 2 aromatic rings. The maximum Gasteiger partial charge on any atom is 0.335 e. The summed E-state index contributed by atoms with van der Waals surface area (Å²) in [5.74, 6) is -1.28. The Morgan fingerprint density at radius 3 is 2.70 bits per heavy atom. The number of fused-ring (bicyclic) bond motifs is 1. The molecule has 2 aromatic carbocycles. The largest absolute Gasteiger partial charge is 0.371 e. The van der Waals surface area contributed by atoms with Crippen LogP contribution in [0.4, 0.5) is 16.2 Å². The van der Waals surface area contributed by atoms with Gasteiger partial charge >= 0.3 is 6.03 Å². The summed E-state index contributed by atoms with van der Waals surface area (Å²) in [6, 6.07) is 12.4. The first-order valence-corrected chi connectivity index (χ1v) is 10.3. The van der Waals surface area contributed by atoms with Crippen LogP contribution in [0.5, 0.6) is 0 Å². The van der Waals surface area contributed by atoms with Crippen LogP contribution in [0.1, 0.15) is 36.5 Å². The third kappa shape index (κ3) is 3.73. The van der Waals surface area contributed by atoms with Crippen LogP contribution in [0.2, 0.25) is 0 Å². The second-order valence-corrected chi connectivity index (χ2v) is 7.78. The number of aryl methyl sites for hydroxylation is 1. The molecular formula is C24H25N3O3. The van der Waals surface area contributed by atoms with Gasteiger partial charge in [0.15, 0.2) is 0 Å². The smallest absolute Gasteiger partial charge is 0.335 e. The minimum Gasteiger partial charge on any atom is -0.371 e. The fourth-order valence-corrected chi connectivity index (χ4v) is 3.99. The third-order valence-electron chi connectivity index (χ3n) is 5.55. The zero-order valence-corrected chi connectivity index (χ0v) is 17.3. The van der Waals surface area contributed by atoms with Crippen LogP contribution >= 0.6 is 0 Å². The van der Waals surface area contributed by atoms with Crippen molar-refractivity contribution in [1.29, 1.82) is 0 Å². The minimum absolute atomic E-state index is 0.0445. The highest BCUT2D eigenvalue weighted by Gasteiger charge is 2.36. The molecule has 154 valence electrons. The molecular weight excluding hydrogens is 378 g/mol. The van der Waals surface area contributed by atoms with E-state index in [-0.39, 0.29) is 5.57 Å². The molecule has 1 N–H and O–H groups in total. The number of hydrogen-bond acceptors (Lipinski definition) is 4. The molecule has 1 saturated heterocycles. The van der Waals surface area contributed by atoms with Crippen molar-refractivity contribution < 1.29 is 14.4 Å². The summed E-state index contributed by atoms with van der Waals surface area (Å²) in [6.45, 7) is 6.10. The van der Waals surface area contributed by atoms with E-state index < -0.39 is 17.8 Å². The summed E-state index contributed by atoms with van der Waals surface area (Å²) < 4.78 is 0. The highest BCUT2D eigenvalue weighted by Crippen LogP contribution is 2.30. The number of rotatable bonds is 5. The molecule has 0 spiro atoms. The Balaban J connectivity index is 1.63. The number of nitrogens with one attached hydrogen (secondary N) is 1. The molecule has 6 nitrogen and oxygen atoms in total. The van der Waals surface area contributed by atoms with Crippen molar-refractivity contribution >= 4 is 35.3 Å². The molecule has 2 aliphatic rings. The SMILES string of the molecule is CCCCN1CCc2cc(C=C3C(=O)NC(=O)N(c4cccc(C)c4)C3=O)ccc21. The van der Waals surface area contributed by atoms with Crippen LogP contribution in [0.3, 0.4) is 0 Å². The normalized spacial score (nSPS) is 17.5. The van der Waals surface area contributed by atoms with Gasteiger partial charge in [0.1, 0.15) is 5.57 Å². The molecule has 2 heterocycles. The molecule has 0 aliphatic carbocycles. The molecule has 30 heavy (non-hydrogen) atoms. The summed E-state index contributed by atoms with van der Waals surface area (Å²) in [5.41, 5.74) is 4.54. The molecule has 4 rings (SSSR count). The number of hydrogen-bond donors (Lipinski definition) is 1. The lowest BCUT2D eigenvalue weighted by Crippen LogP contribution is -2.54. The average Bonchev–Trinajstić information content (AvgIpc) is 3.11. The molecule has 0 bridgehead atoms. The number of anilines is 2. The molecule has 4 amide bonds. The Kier molecular flexibility index (Phi) is 5.40. The van der Waals surface area contributed by atoms with Gasteiger partial charge in [-0.3, -0.25) is 14.9 Å². The number of amides is 4. The van der Waals surface area contributed by atoms with E-state index in [1.54, 1.807) is 24.3 Å². The van der Waals surface area contributed by atoms with Gasteiger partial charge in [-0.15, -0.1) is 0 Å². The zero-order chi connectivity index (χ0) is 21.3. The Morgan fingerprint density at radius 2 is 1.93 bits per heavy atom. The highest BCUT2D eigenvalue weighted by molar-refractivity contribution is 6.39. The standard InChI is InChI=1S/C24H25N3O3/c1-3-4-11-26-12-10-18-14-17(8-9-21(18)26)15-20-22(28)25-24(30)27(23(20)29)19-7-5-6-16(2)13-19/h5-9,13-15H,3-4,10-12H2,1-2H3,(H,25,28,30). The fraction of sp³-hybridized carbons (Fsp3) is 0.292. The lowest BCUT2D eigenvalue weighted by molar-refractivity contribution is -0.122. The lowest BCUT2D eigenvalue weighted by atomic mass is 10.0. The maximum absolute atomic E-state index is 13.0. The van der Waals surface area contributed by atoms with Crippen LogP contribution in [0.25, 0.3) is 6.08 Å².